The molecule has 0 unspecified atom stereocenters. The van der Waals surface area contributed by atoms with Gasteiger partial charge in [-0.1, -0.05) is 23.2 Å². The van der Waals surface area contributed by atoms with Crippen molar-refractivity contribution in [3.05, 3.63) is 27.2 Å². The number of ether oxygens (including phenoxy) is 2. The minimum Gasteiger partial charge on any atom is -0.474 e. The average Bonchev–Trinajstić information content (AvgIpc) is 3.47. The number of benzene rings is 1. The van der Waals surface area contributed by atoms with E-state index in [2.05, 4.69) is 30.5 Å². The summed E-state index contributed by atoms with van der Waals surface area (Å²) in [5, 5.41) is 6.49. The topological polar surface area (TPSA) is 110 Å². The summed E-state index contributed by atoms with van der Waals surface area (Å²) < 4.78 is 70.2. The van der Waals surface area contributed by atoms with Gasteiger partial charge in [-0.15, -0.1) is 0 Å². The lowest BCUT2D eigenvalue weighted by Gasteiger charge is -2.30. The van der Waals surface area contributed by atoms with E-state index in [1.54, 1.807) is 0 Å². The van der Waals surface area contributed by atoms with Crippen molar-refractivity contribution in [2.24, 2.45) is 0 Å². The van der Waals surface area contributed by atoms with Gasteiger partial charge >= 0.3 is 12.2 Å². The Bertz CT molecular complexity index is 1590. The largest absolute Gasteiger partial charge is 0.474 e. The number of nitrogens with zero attached hydrogens (tertiary/aromatic N) is 4. The van der Waals surface area contributed by atoms with Crippen molar-refractivity contribution >= 4 is 45.6 Å². The van der Waals surface area contributed by atoms with E-state index < -0.39 is 23.5 Å². The summed E-state index contributed by atoms with van der Waals surface area (Å²) in [6, 6.07) is 1.06. The number of nitrogen functional groups attached to an aromatic ring is 1. The zero-order valence-corrected chi connectivity index (χ0v) is 25.8. The average molecular weight is 659 g/mol. The molecule has 0 amide bonds. The van der Waals surface area contributed by atoms with Crippen molar-refractivity contribution in [1.82, 2.24) is 25.2 Å². The molecule has 0 radical (unpaired) electrons. The van der Waals surface area contributed by atoms with Gasteiger partial charge < -0.3 is 25.8 Å². The smallest absolute Gasteiger partial charge is 0.417 e. The van der Waals surface area contributed by atoms with Crippen molar-refractivity contribution in [3.63, 3.8) is 0 Å². The van der Waals surface area contributed by atoms with Gasteiger partial charge in [0.1, 0.15) is 29.5 Å². The molecule has 3 aliphatic rings. The molecule has 0 spiro atoms. The van der Waals surface area contributed by atoms with E-state index in [4.69, 9.17) is 38.4 Å². The molecule has 9 nitrogen and oxygen atoms in total. The van der Waals surface area contributed by atoms with Crippen LogP contribution in [0.2, 0.25) is 10.0 Å². The molecule has 3 atom stereocenters. The van der Waals surface area contributed by atoms with Gasteiger partial charge in [-0.3, -0.25) is 4.90 Å². The van der Waals surface area contributed by atoms with Crippen molar-refractivity contribution in [2.45, 2.75) is 63.5 Å². The van der Waals surface area contributed by atoms with Gasteiger partial charge in [-0.2, -0.15) is 23.1 Å². The van der Waals surface area contributed by atoms with Crippen molar-refractivity contribution in [1.29, 1.82) is 0 Å². The summed E-state index contributed by atoms with van der Waals surface area (Å²) in [5.74, 6) is 0.314. The summed E-state index contributed by atoms with van der Waals surface area (Å²) in [7, 11) is 0. The highest BCUT2D eigenvalue weighted by atomic mass is 35.5. The van der Waals surface area contributed by atoms with Crippen LogP contribution in [-0.2, 0) is 6.18 Å². The van der Waals surface area contributed by atoms with E-state index in [-0.39, 0.29) is 62.7 Å². The Morgan fingerprint density at radius 3 is 2.75 bits per heavy atom. The SMILES string of the molecule is Cc1c(Cl)c(N)cc(-c2nc3c4c(nc(OC[C@@]56CCCN5C[C@H](F)C6)nc4c2Cl)NCCNCC[C@H](C)O3)c1C(F)(F)F. The van der Waals surface area contributed by atoms with Crippen molar-refractivity contribution in [2.75, 3.05) is 50.4 Å². The number of hydrogen-bond acceptors (Lipinski definition) is 9. The Labute approximate surface area is 261 Å². The number of anilines is 2. The van der Waals surface area contributed by atoms with Crippen LogP contribution in [0.3, 0.4) is 0 Å². The van der Waals surface area contributed by atoms with E-state index >= 15 is 0 Å². The quantitative estimate of drug-likeness (QED) is 0.229. The second-order valence-corrected chi connectivity index (χ2v) is 12.5. The van der Waals surface area contributed by atoms with Crippen molar-refractivity contribution < 1.29 is 27.0 Å². The number of fused-ring (bicyclic) bond motifs is 1. The maximum atomic E-state index is 14.5. The summed E-state index contributed by atoms with van der Waals surface area (Å²) in [4.78, 5) is 15.9. The highest BCUT2D eigenvalue weighted by molar-refractivity contribution is 6.38. The third kappa shape index (κ3) is 5.67. The van der Waals surface area contributed by atoms with E-state index in [1.807, 2.05) is 6.92 Å². The number of rotatable bonds is 4. The molecule has 3 aliphatic heterocycles. The summed E-state index contributed by atoms with van der Waals surface area (Å²) in [5.41, 5.74) is 3.76. The Balaban J connectivity index is 1.54. The van der Waals surface area contributed by atoms with Gasteiger partial charge in [-0.25, -0.2) is 9.37 Å². The van der Waals surface area contributed by atoms with Gasteiger partial charge in [0.25, 0.3) is 0 Å². The van der Waals surface area contributed by atoms with Crippen LogP contribution in [0.1, 0.15) is 43.7 Å². The maximum absolute atomic E-state index is 14.5. The van der Waals surface area contributed by atoms with E-state index in [9.17, 15) is 17.6 Å². The van der Waals surface area contributed by atoms with Crippen LogP contribution in [0.15, 0.2) is 6.07 Å². The first-order chi connectivity index (χ1) is 20.9. The number of halogens is 6. The normalized spacial score (nSPS) is 24.5. The van der Waals surface area contributed by atoms with Crippen LogP contribution in [0.4, 0.5) is 29.1 Å². The van der Waals surface area contributed by atoms with Gasteiger partial charge in [-0.05, 0) is 57.8 Å². The molecule has 2 fully saturated rings. The van der Waals surface area contributed by atoms with E-state index in [1.165, 1.54) is 6.92 Å². The Hall–Kier alpha value is -2.87. The van der Waals surface area contributed by atoms with Gasteiger partial charge in [0.05, 0.1) is 38.6 Å². The molecule has 5 heterocycles. The van der Waals surface area contributed by atoms with Crippen LogP contribution in [-0.4, -0.2) is 77.0 Å². The van der Waals surface area contributed by atoms with Crippen LogP contribution < -0.4 is 25.8 Å². The minimum atomic E-state index is -4.80. The van der Waals surface area contributed by atoms with Crippen LogP contribution in [0, 0.1) is 6.92 Å². The monoisotopic (exact) mass is 657 g/mol. The standard InChI is InChI=1S/C29H33Cl2F4N7O2/c1-14-4-6-37-7-8-38-25-19-24(40-27(41-25)43-13-28-5-3-9-42(28)12-16(32)11-28)22(31)23(39-26(19)44-14)17-10-18(36)21(30)15(2)20(17)29(33,34)35/h10,14,16,37H,3-9,11-13,36H2,1-2H3,(H,38,40,41)/t14-,16+,28-/m0/s1. The minimum absolute atomic E-state index is 0.0128. The molecule has 2 aromatic heterocycles. The van der Waals surface area contributed by atoms with Crippen LogP contribution >= 0.6 is 23.2 Å². The number of aromatic nitrogens is 3. The molecule has 0 bridgehead atoms. The molecular weight excluding hydrogens is 625 g/mol. The predicted molar refractivity (Wildman–Crippen MR) is 162 cm³/mol. The van der Waals surface area contributed by atoms with Crippen LogP contribution in [0.5, 0.6) is 11.9 Å². The highest BCUT2D eigenvalue weighted by Crippen LogP contribution is 2.48. The molecule has 0 saturated carbocycles. The fourth-order valence-corrected chi connectivity index (χ4v) is 6.97. The Kier molecular flexibility index (Phi) is 8.35. The molecule has 238 valence electrons. The molecule has 6 rings (SSSR count). The fourth-order valence-electron chi connectivity index (χ4n) is 6.54. The first kappa shape index (κ1) is 31.1. The molecular formula is C29H33Cl2F4N7O2. The van der Waals surface area contributed by atoms with E-state index in [0.717, 1.165) is 25.5 Å². The van der Waals surface area contributed by atoms with Gasteiger partial charge in [0, 0.05) is 31.6 Å². The maximum Gasteiger partial charge on any atom is 0.417 e. The predicted octanol–water partition coefficient (Wildman–Crippen LogP) is 6.04. The molecule has 0 aliphatic carbocycles. The molecule has 2 saturated heterocycles. The number of hydrogen-bond donors (Lipinski definition) is 3. The molecule has 3 aromatic rings. The molecule has 15 heteroatoms. The second-order valence-electron chi connectivity index (χ2n) is 11.7. The number of pyridine rings is 1. The van der Waals surface area contributed by atoms with E-state index in [0.29, 0.717) is 50.2 Å². The number of alkyl halides is 4. The zero-order valence-electron chi connectivity index (χ0n) is 24.3. The molecule has 44 heavy (non-hydrogen) atoms. The zero-order chi connectivity index (χ0) is 31.4. The Morgan fingerprint density at radius 2 is 1.98 bits per heavy atom. The van der Waals surface area contributed by atoms with Crippen LogP contribution in [0.25, 0.3) is 22.2 Å². The lowest BCUT2D eigenvalue weighted by molar-refractivity contribution is -0.137. The van der Waals surface area contributed by atoms with Crippen molar-refractivity contribution in [3.8, 4) is 23.1 Å². The Morgan fingerprint density at radius 1 is 1.18 bits per heavy atom. The summed E-state index contributed by atoms with van der Waals surface area (Å²) in [6.45, 7) is 6.09. The molecule has 4 N–H and O–H groups in total. The van der Waals surface area contributed by atoms with Gasteiger partial charge in [0.2, 0.25) is 5.88 Å². The number of nitrogens with two attached hydrogens (primary N) is 1. The third-order valence-electron chi connectivity index (χ3n) is 8.66. The first-order valence-corrected chi connectivity index (χ1v) is 15.3. The lowest BCUT2D eigenvalue weighted by atomic mass is 9.95. The molecule has 1 aromatic carbocycles. The third-order valence-corrected chi connectivity index (χ3v) is 9.52. The van der Waals surface area contributed by atoms with Gasteiger partial charge in [0.15, 0.2) is 0 Å². The second kappa shape index (κ2) is 11.8. The summed E-state index contributed by atoms with van der Waals surface area (Å²) in [6.07, 6.45) is -3.45. The first-order valence-electron chi connectivity index (χ1n) is 14.6. The number of nitrogens with one attached hydrogen (secondary N) is 2. The lowest BCUT2D eigenvalue weighted by Crippen LogP contribution is -2.43. The highest BCUT2D eigenvalue weighted by Gasteiger charge is 2.49. The fraction of sp³-hybridized carbons (Fsp3) is 0.552. The summed E-state index contributed by atoms with van der Waals surface area (Å²) >= 11 is 13.1.